The SMILES string of the molecule is CCCCc1ccc([C@H]2CC[C@H]([C@H]3CC[C@@](C=CC#N)(OC)CC3)CC2)cc1. The van der Waals surface area contributed by atoms with E-state index in [0.717, 1.165) is 30.6 Å². The maximum absolute atomic E-state index is 8.84. The normalized spacial score (nSPS) is 31.0. The number of ether oxygens (including phenoxy) is 1. The number of benzene rings is 1. The first-order valence-electron chi connectivity index (χ1n) is 11.4. The van der Waals surface area contributed by atoms with Gasteiger partial charge in [0.1, 0.15) is 0 Å². The predicted octanol–water partition coefficient (Wildman–Crippen LogP) is 6.96. The van der Waals surface area contributed by atoms with Crippen LogP contribution < -0.4 is 0 Å². The van der Waals surface area contributed by atoms with Crippen molar-refractivity contribution in [3.63, 3.8) is 0 Å². The third-order valence-corrected chi connectivity index (χ3v) is 7.45. The van der Waals surface area contributed by atoms with Gasteiger partial charge in [-0.3, -0.25) is 0 Å². The molecule has 0 N–H and O–H groups in total. The maximum Gasteiger partial charge on any atom is 0.0909 e. The molecule has 0 amide bonds. The third-order valence-electron chi connectivity index (χ3n) is 7.45. The van der Waals surface area contributed by atoms with Gasteiger partial charge in [-0.2, -0.15) is 5.26 Å². The Morgan fingerprint density at radius 1 is 1.04 bits per heavy atom. The quantitative estimate of drug-likeness (QED) is 0.480. The fourth-order valence-electron chi connectivity index (χ4n) is 5.49. The zero-order chi connectivity index (χ0) is 19.8. The van der Waals surface area contributed by atoms with Gasteiger partial charge in [-0.15, -0.1) is 0 Å². The van der Waals surface area contributed by atoms with Crippen LogP contribution in [0.1, 0.15) is 88.2 Å². The molecule has 0 atom stereocenters. The highest BCUT2D eigenvalue weighted by Crippen LogP contribution is 2.45. The van der Waals surface area contributed by atoms with Crippen molar-refractivity contribution in [3.8, 4) is 6.07 Å². The second kappa shape index (κ2) is 10.3. The van der Waals surface area contributed by atoms with Crippen molar-refractivity contribution in [2.45, 2.75) is 89.1 Å². The number of hydrogen-bond acceptors (Lipinski definition) is 2. The molecular weight excluding hydrogens is 342 g/mol. The van der Waals surface area contributed by atoms with Crippen molar-refractivity contribution < 1.29 is 4.74 Å². The summed E-state index contributed by atoms with van der Waals surface area (Å²) in [5.74, 6) is 2.49. The molecule has 0 heterocycles. The smallest absolute Gasteiger partial charge is 0.0909 e. The summed E-state index contributed by atoms with van der Waals surface area (Å²) in [5, 5.41) is 8.84. The Kier molecular flexibility index (Phi) is 7.74. The molecule has 2 aliphatic carbocycles. The van der Waals surface area contributed by atoms with E-state index in [0.29, 0.717) is 0 Å². The lowest BCUT2D eigenvalue weighted by atomic mass is 9.67. The topological polar surface area (TPSA) is 33.0 Å². The third kappa shape index (κ3) is 5.26. The maximum atomic E-state index is 8.84. The Hall–Kier alpha value is -1.59. The van der Waals surface area contributed by atoms with Crippen LogP contribution in [0, 0.1) is 23.2 Å². The second-order valence-corrected chi connectivity index (χ2v) is 9.03. The van der Waals surface area contributed by atoms with Crippen LogP contribution in [0.5, 0.6) is 0 Å². The van der Waals surface area contributed by atoms with Gasteiger partial charge in [0.05, 0.1) is 11.7 Å². The second-order valence-electron chi connectivity index (χ2n) is 9.03. The highest BCUT2D eigenvalue weighted by molar-refractivity contribution is 5.26. The van der Waals surface area contributed by atoms with Gasteiger partial charge in [0, 0.05) is 13.2 Å². The molecule has 0 aromatic heterocycles. The van der Waals surface area contributed by atoms with Gasteiger partial charge in [-0.25, -0.2) is 0 Å². The van der Waals surface area contributed by atoms with E-state index in [-0.39, 0.29) is 5.60 Å². The van der Waals surface area contributed by atoms with Crippen LogP contribution in [0.25, 0.3) is 0 Å². The van der Waals surface area contributed by atoms with Crippen LogP contribution in [0.15, 0.2) is 36.4 Å². The van der Waals surface area contributed by atoms with E-state index in [4.69, 9.17) is 10.00 Å². The Labute approximate surface area is 172 Å². The molecule has 3 rings (SSSR count). The Morgan fingerprint density at radius 2 is 1.68 bits per heavy atom. The minimum Gasteiger partial charge on any atom is -0.374 e. The van der Waals surface area contributed by atoms with Gasteiger partial charge in [0.15, 0.2) is 0 Å². The monoisotopic (exact) mass is 379 g/mol. The fourth-order valence-corrected chi connectivity index (χ4v) is 5.49. The molecule has 152 valence electrons. The Bertz CT molecular complexity index is 653. The lowest BCUT2D eigenvalue weighted by Crippen LogP contribution is -2.36. The van der Waals surface area contributed by atoms with Gasteiger partial charge in [0.25, 0.3) is 0 Å². The lowest BCUT2D eigenvalue weighted by molar-refractivity contribution is -0.0192. The number of methoxy groups -OCH3 is 1. The van der Waals surface area contributed by atoms with E-state index in [1.807, 2.05) is 6.08 Å². The molecule has 2 aliphatic rings. The summed E-state index contributed by atoms with van der Waals surface area (Å²) in [6, 6.07) is 11.6. The highest BCUT2D eigenvalue weighted by atomic mass is 16.5. The number of hydrogen-bond donors (Lipinski definition) is 0. The van der Waals surface area contributed by atoms with Gasteiger partial charge in [-0.05, 0) is 99.2 Å². The molecule has 0 aliphatic heterocycles. The van der Waals surface area contributed by atoms with E-state index in [1.165, 1.54) is 63.4 Å². The molecule has 0 bridgehead atoms. The first-order valence-corrected chi connectivity index (χ1v) is 11.4. The number of unbranched alkanes of at least 4 members (excludes halogenated alkanes) is 1. The van der Waals surface area contributed by atoms with E-state index >= 15 is 0 Å². The molecular formula is C26H37NO. The van der Waals surface area contributed by atoms with Gasteiger partial charge in [-0.1, -0.05) is 37.6 Å². The summed E-state index contributed by atoms with van der Waals surface area (Å²) in [6.45, 7) is 2.26. The minimum absolute atomic E-state index is 0.192. The van der Waals surface area contributed by atoms with Crippen LogP contribution in [-0.4, -0.2) is 12.7 Å². The van der Waals surface area contributed by atoms with Gasteiger partial charge >= 0.3 is 0 Å². The standard InChI is InChI=1S/C26H37NO/c1-3-4-6-21-7-9-22(10-8-21)23-11-13-24(14-12-23)25-15-18-26(28-2,19-16-25)17-5-20-27/h5,7-10,17,23-25H,3-4,6,11-16,18-19H2,1-2H3/t23-,24-,25-,26+. The lowest BCUT2D eigenvalue weighted by Gasteiger charge is -2.41. The van der Waals surface area contributed by atoms with Crippen molar-refractivity contribution in [1.82, 2.24) is 0 Å². The number of aryl methyl sites for hydroxylation is 1. The van der Waals surface area contributed by atoms with E-state index < -0.39 is 0 Å². The molecule has 1 aromatic carbocycles. The predicted molar refractivity (Wildman–Crippen MR) is 116 cm³/mol. The van der Waals surface area contributed by atoms with Crippen LogP contribution >= 0.6 is 0 Å². The first kappa shape index (κ1) is 21.1. The molecule has 0 spiro atoms. The summed E-state index contributed by atoms with van der Waals surface area (Å²) in [6.07, 6.45) is 17.4. The van der Waals surface area contributed by atoms with Crippen molar-refractivity contribution >= 4 is 0 Å². The van der Waals surface area contributed by atoms with E-state index in [2.05, 4.69) is 37.3 Å². The van der Waals surface area contributed by atoms with Gasteiger partial charge < -0.3 is 4.74 Å². The van der Waals surface area contributed by atoms with Crippen molar-refractivity contribution in [2.75, 3.05) is 7.11 Å². The molecule has 2 saturated carbocycles. The van der Waals surface area contributed by atoms with E-state index in [1.54, 1.807) is 18.7 Å². The number of nitriles is 1. The van der Waals surface area contributed by atoms with Crippen LogP contribution in [0.3, 0.4) is 0 Å². The Morgan fingerprint density at radius 3 is 2.25 bits per heavy atom. The molecule has 2 nitrogen and oxygen atoms in total. The summed E-state index contributed by atoms with van der Waals surface area (Å²) >= 11 is 0. The molecule has 2 heteroatoms. The average molecular weight is 380 g/mol. The minimum atomic E-state index is -0.192. The van der Waals surface area contributed by atoms with Crippen molar-refractivity contribution in [2.24, 2.45) is 11.8 Å². The fraction of sp³-hybridized carbons (Fsp3) is 0.654. The van der Waals surface area contributed by atoms with Crippen LogP contribution in [0.4, 0.5) is 0 Å². The van der Waals surface area contributed by atoms with Crippen LogP contribution in [-0.2, 0) is 11.2 Å². The molecule has 0 saturated heterocycles. The Balaban J connectivity index is 1.48. The zero-order valence-electron chi connectivity index (χ0n) is 17.8. The number of allylic oxidation sites excluding steroid dienone is 1. The summed E-state index contributed by atoms with van der Waals surface area (Å²) in [4.78, 5) is 0. The molecule has 2 fully saturated rings. The summed E-state index contributed by atoms with van der Waals surface area (Å²) < 4.78 is 5.79. The largest absolute Gasteiger partial charge is 0.374 e. The highest BCUT2D eigenvalue weighted by Gasteiger charge is 2.37. The van der Waals surface area contributed by atoms with Crippen LogP contribution in [0.2, 0.25) is 0 Å². The first-order chi connectivity index (χ1) is 13.7. The molecule has 28 heavy (non-hydrogen) atoms. The summed E-state index contributed by atoms with van der Waals surface area (Å²) in [5.41, 5.74) is 2.86. The molecule has 1 aromatic rings. The van der Waals surface area contributed by atoms with Gasteiger partial charge in [0.2, 0.25) is 0 Å². The number of nitrogens with zero attached hydrogens (tertiary/aromatic N) is 1. The van der Waals surface area contributed by atoms with Crippen molar-refractivity contribution in [1.29, 1.82) is 5.26 Å². The summed E-state index contributed by atoms with van der Waals surface area (Å²) in [7, 11) is 1.79. The molecule has 0 radical (unpaired) electrons. The average Bonchev–Trinajstić information content (AvgIpc) is 2.77. The molecule has 0 unspecified atom stereocenters. The number of rotatable bonds is 7. The zero-order valence-corrected chi connectivity index (χ0v) is 17.8. The van der Waals surface area contributed by atoms with E-state index in [9.17, 15) is 0 Å². The van der Waals surface area contributed by atoms with Crippen molar-refractivity contribution in [3.05, 3.63) is 47.5 Å².